The largest absolute Gasteiger partial charge is 0.378 e. The third kappa shape index (κ3) is 2.89. The number of aryl methyl sites for hydroxylation is 1. The van der Waals surface area contributed by atoms with Crippen LogP contribution in [0.4, 0.5) is 0 Å². The first kappa shape index (κ1) is 14.0. The molecule has 5 heteroatoms. The van der Waals surface area contributed by atoms with Gasteiger partial charge in [-0.2, -0.15) is 4.98 Å². The molecule has 1 aromatic heterocycles. The minimum Gasteiger partial charge on any atom is -0.378 e. The summed E-state index contributed by atoms with van der Waals surface area (Å²) in [5, 5.41) is 14.2. The molecule has 106 valence electrons. The Morgan fingerprint density at radius 2 is 1.90 bits per heavy atom. The van der Waals surface area contributed by atoms with Crippen molar-refractivity contribution in [3.63, 3.8) is 0 Å². The van der Waals surface area contributed by atoms with Crippen LogP contribution in [0.25, 0.3) is 11.4 Å². The van der Waals surface area contributed by atoms with Crippen LogP contribution in [0.1, 0.15) is 23.1 Å². The van der Waals surface area contributed by atoms with Crippen LogP contribution in [-0.2, 0) is 0 Å². The summed E-state index contributed by atoms with van der Waals surface area (Å²) in [5.41, 5.74) is 2.64. The van der Waals surface area contributed by atoms with Crippen LogP contribution in [0.15, 0.2) is 57.5 Å². The normalized spacial score (nSPS) is 12.3. The van der Waals surface area contributed by atoms with Crippen molar-refractivity contribution in [2.45, 2.75) is 13.0 Å². The fourth-order valence-corrected chi connectivity index (χ4v) is 2.59. The lowest BCUT2D eigenvalue weighted by Crippen LogP contribution is -1.99. The van der Waals surface area contributed by atoms with Crippen molar-refractivity contribution in [2.75, 3.05) is 0 Å². The van der Waals surface area contributed by atoms with Gasteiger partial charge >= 0.3 is 0 Å². The van der Waals surface area contributed by atoms with Crippen LogP contribution >= 0.6 is 15.9 Å². The molecular formula is C16H13BrN2O2. The quantitative estimate of drug-likeness (QED) is 0.782. The molecule has 0 saturated carbocycles. The van der Waals surface area contributed by atoms with Gasteiger partial charge in [0.15, 0.2) is 6.10 Å². The number of hydrogen-bond acceptors (Lipinski definition) is 4. The first-order chi connectivity index (χ1) is 10.1. The van der Waals surface area contributed by atoms with Gasteiger partial charge < -0.3 is 9.63 Å². The highest BCUT2D eigenvalue weighted by Gasteiger charge is 2.19. The molecular weight excluding hydrogens is 332 g/mol. The summed E-state index contributed by atoms with van der Waals surface area (Å²) >= 11 is 3.42. The molecule has 21 heavy (non-hydrogen) atoms. The smallest absolute Gasteiger partial charge is 0.260 e. The fourth-order valence-electron chi connectivity index (χ4n) is 2.11. The average Bonchev–Trinajstić information content (AvgIpc) is 2.97. The predicted molar refractivity (Wildman–Crippen MR) is 82.7 cm³/mol. The van der Waals surface area contributed by atoms with E-state index in [2.05, 4.69) is 26.1 Å². The SMILES string of the molecule is Cc1cc(Br)ccc1-c1noc(C(O)c2ccccc2)n1. The average molecular weight is 345 g/mol. The molecule has 0 spiro atoms. The number of hydrogen-bond donors (Lipinski definition) is 1. The summed E-state index contributed by atoms with van der Waals surface area (Å²) in [7, 11) is 0. The highest BCUT2D eigenvalue weighted by molar-refractivity contribution is 9.10. The number of aliphatic hydroxyl groups excluding tert-OH is 1. The Labute approximate surface area is 130 Å². The lowest BCUT2D eigenvalue weighted by molar-refractivity contribution is 0.170. The van der Waals surface area contributed by atoms with E-state index in [4.69, 9.17) is 4.52 Å². The van der Waals surface area contributed by atoms with Gasteiger partial charge in [-0.05, 0) is 36.2 Å². The molecule has 3 aromatic rings. The second-order valence-electron chi connectivity index (χ2n) is 4.73. The zero-order chi connectivity index (χ0) is 14.8. The van der Waals surface area contributed by atoms with Crippen LogP contribution in [0.5, 0.6) is 0 Å². The molecule has 0 aliphatic rings. The lowest BCUT2D eigenvalue weighted by Gasteiger charge is -2.04. The monoisotopic (exact) mass is 344 g/mol. The minimum absolute atomic E-state index is 0.193. The third-order valence-electron chi connectivity index (χ3n) is 3.22. The molecule has 1 unspecified atom stereocenters. The Morgan fingerprint density at radius 1 is 1.14 bits per heavy atom. The second-order valence-corrected chi connectivity index (χ2v) is 5.64. The molecule has 3 rings (SSSR count). The summed E-state index contributed by atoms with van der Waals surface area (Å²) in [6.45, 7) is 1.98. The molecule has 0 fully saturated rings. The lowest BCUT2D eigenvalue weighted by atomic mass is 10.1. The van der Waals surface area contributed by atoms with E-state index in [1.807, 2.05) is 55.5 Å². The number of benzene rings is 2. The number of nitrogens with zero attached hydrogens (tertiary/aromatic N) is 2. The van der Waals surface area contributed by atoms with E-state index in [0.29, 0.717) is 5.82 Å². The molecule has 0 aliphatic carbocycles. The summed E-state index contributed by atoms with van der Waals surface area (Å²) in [6, 6.07) is 15.1. The van der Waals surface area contributed by atoms with Crippen LogP contribution in [-0.4, -0.2) is 15.2 Å². The molecule has 2 aromatic carbocycles. The van der Waals surface area contributed by atoms with Gasteiger partial charge in [-0.15, -0.1) is 0 Å². The molecule has 1 N–H and O–H groups in total. The van der Waals surface area contributed by atoms with E-state index in [-0.39, 0.29) is 5.89 Å². The van der Waals surface area contributed by atoms with Crippen molar-refractivity contribution in [1.29, 1.82) is 0 Å². The van der Waals surface area contributed by atoms with Crippen LogP contribution < -0.4 is 0 Å². The fraction of sp³-hybridized carbons (Fsp3) is 0.125. The van der Waals surface area contributed by atoms with E-state index < -0.39 is 6.10 Å². The van der Waals surface area contributed by atoms with Gasteiger partial charge in [0.25, 0.3) is 5.89 Å². The zero-order valence-electron chi connectivity index (χ0n) is 11.3. The summed E-state index contributed by atoms with van der Waals surface area (Å²) in [5.74, 6) is 0.670. The minimum atomic E-state index is -0.914. The first-order valence-corrected chi connectivity index (χ1v) is 7.27. The molecule has 1 atom stereocenters. The van der Waals surface area contributed by atoms with Crippen molar-refractivity contribution in [1.82, 2.24) is 10.1 Å². The topological polar surface area (TPSA) is 59.2 Å². The Hall–Kier alpha value is -1.98. The van der Waals surface area contributed by atoms with E-state index in [9.17, 15) is 5.11 Å². The Kier molecular flexibility index (Phi) is 3.86. The summed E-state index contributed by atoms with van der Waals surface area (Å²) in [6.07, 6.45) is -0.914. The van der Waals surface area contributed by atoms with Gasteiger partial charge in [-0.3, -0.25) is 0 Å². The zero-order valence-corrected chi connectivity index (χ0v) is 12.9. The van der Waals surface area contributed by atoms with Gasteiger partial charge in [-0.1, -0.05) is 51.4 Å². The van der Waals surface area contributed by atoms with Crippen molar-refractivity contribution in [3.8, 4) is 11.4 Å². The highest BCUT2D eigenvalue weighted by atomic mass is 79.9. The highest BCUT2D eigenvalue weighted by Crippen LogP contribution is 2.26. The number of rotatable bonds is 3. The first-order valence-electron chi connectivity index (χ1n) is 6.48. The van der Waals surface area contributed by atoms with E-state index in [0.717, 1.165) is 21.2 Å². The second kappa shape index (κ2) is 5.79. The molecule has 1 heterocycles. The van der Waals surface area contributed by atoms with E-state index >= 15 is 0 Å². The predicted octanol–water partition coefficient (Wildman–Crippen LogP) is 3.89. The van der Waals surface area contributed by atoms with E-state index in [1.165, 1.54) is 0 Å². The molecule has 0 bridgehead atoms. The van der Waals surface area contributed by atoms with Gasteiger partial charge in [0.05, 0.1) is 0 Å². The third-order valence-corrected chi connectivity index (χ3v) is 3.71. The van der Waals surface area contributed by atoms with Crippen molar-refractivity contribution in [3.05, 3.63) is 70.0 Å². The van der Waals surface area contributed by atoms with Crippen LogP contribution in [0.2, 0.25) is 0 Å². The molecule has 0 aliphatic heterocycles. The summed E-state index contributed by atoms with van der Waals surface area (Å²) < 4.78 is 6.19. The maximum absolute atomic E-state index is 10.3. The standard InChI is InChI=1S/C16H13BrN2O2/c1-10-9-12(17)7-8-13(10)15-18-16(21-19-15)14(20)11-5-3-2-4-6-11/h2-9,14,20H,1H3. The van der Waals surface area contributed by atoms with E-state index in [1.54, 1.807) is 0 Å². The van der Waals surface area contributed by atoms with Gasteiger partial charge in [0.2, 0.25) is 5.82 Å². The number of aromatic nitrogens is 2. The van der Waals surface area contributed by atoms with Gasteiger partial charge in [0, 0.05) is 10.0 Å². The van der Waals surface area contributed by atoms with Crippen LogP contribution in [0, 0.1) is 6.92 Å². The Balaban J connectivity index is 1.93. The van der Waals surface area contributed by atoms with Gasteiger partial charge in [-0.25, -0.2) is 0 Å². The maximum atomic E-state index is 10.3. The Morgan fingerprint density at radius 3 is 2.62 bits per heavy atom. The van der Waals surface area contributed by atoms with Gasteiger partial charge in [0.1, 0.15) is 0 Å². The summed E-state index contributed by atoms with van der Waals surface area (Å²) in [4.78, 5) is 4.30. The maximum Gasteiger partial charge on any atom is 0.260 e. The molecule has 0 saturated heterocycles. The van der Waals surface area contributed by atoms with Crippen molar-refractivity contribution in [2.24, 2.45) is 0 Å². The molecule has 4 nitrogen and oxygen atoms in total. The molecule has 0 amide bonds. The van der Waals surface area contributed by atoms with Crippen molar-refractivity contribution < 1.29 is 9.63 Å². The Bertz CT molecular complexity index is 756. The number of halogens is 1. The number of aliphatic hydroxyl groups is 1. The van der Waals surface area contributed by atoms with Crippen molar-refractivity contribution >= 4 is 15.9 Å². The van der Waals surface area contributed by atoms with Crippen LogP contribution in [0.3, 0.4) is 0 Å². The molecule has 0 radical (unpaired) electrons.